The van der Waals surface area contributed by atoms with Crippen LogP contribution < -0.4 is 0 Å². The molecule has 0 unspecified atom stereocenters. The summed E-state index contributed by atoms with van der Waals surface area (Å²) in [6.45, 7) is 0. The van der Waals surface area contributed by atoms with Crippen molar-refractivity contribution in [3.05, 3.63) is 56.6 Å². The molecule has 2 aromatic rings. The van der Waals surface area contributed by atoms with Gasteiger partial charge in [-0.05, 0) is 46.3 Å². The fraction of sp³-hybridized carbons (Fsp3) is 0.0769. The third-order valence-corrected chi connectivity index (χ3v) is 4.75. The number of Topliss-reactive ketones (excluding diaryl/α,β-unsaturated/α-hetero) is 1. The maximum Gasteiger partial charge on any atom is 0.174 e. The molecule has 0 saturated heterocycles. The summed E-state index contributed by atoms with van der Waals surface area (Å²) in [6.07, 6.45) is 1.69. The number of pyridine rings is 1. The van der Waals surface area contributed by atoms with Gasteiger partial charge in [0.15, 0.2) is 5.78 Å². The van der Waals surface area contributed by atoms with Crippen LogP contribution in [0.5, 0.6) is 0 Å². The Morgan fingerprint density at radius 3 is 2.79 bits per heavy atom. The summed E-state index contributed by atoms with van der Waals surface area (Å²) in [4.78, 5) is 16.3. The Balaban J connectivity index is 2.08. The lowest BCUT2D eigenvalue weighted by Crippen LogP contribution is -2.03. The lowest BCUT2D eigenvalue weighted by atomic mass is 10.1. The Kier molecular flexibility index (Phi) is 5.28. The van der Waals surface area contributed by atoms with Gasteiger partial charge in [0.2, 0.25) is 0 Å². The summed E-state index contributed by atoms with van der Waals surface area (Å²) in [5, 5.41) is 1.67. The van der Waals surface area contributed by atoms with Crippen LogP contribution in [0.4, 0.5) is 0 Å². The number of thioether (sulfide) groups is 1. The Morgan fingerprint density at radius 2 is 2.11 bits per heavy atom. The molecule has 0 amide bonds. The van der Waals surface area contributed by atoms with Crippen LogP contribution in [0.3, 0.4) is 0 Å². The highest BCUT2D eigenvalue weighted by Crippen LogP contribution is 2.27. The summed E-state index contributed by atoms with van der Waals surface area (Å²) in [7, 11) is 0. The SMILES string of the molecule is O=C(CSc1ncccc1Br)c1ccc(Cl)cc1Cl. The first-order valence-corrected chi connectivity index (χ1v) is 7.83. The van der Waals surface area contributed by atoms with Crippen molar-refractivity contribution in [2.75, 3.05) is 5.75 Å². The van der Waals surface area contributed by atoms with E-state index in [1.807, 2.05) is 12.1 Å². The van der Waals surface area contributed by atoms with Gasteiger partial charge in [-0.3, -0.25) is 4.79 Å². The first-order valence-electron chi connectivity index (χ1n) is 5.29. The predicted octanol–water partition coefficient (Wildman–Crippen LogP) is 5.13. The summed E-state index contributed by atoms with van der Waals surface area (Å²) in [5.74, 6) is 0.223. The number of halogens is 3. The smallest absolute Gasteiger partial charge is 0.174 e. The van der Waals surface area contributed by atoms with E-state index in [-0.39, 0.29) is 11.5 Å². The number of carbonyl (C=O) groups excluding carboxylic acids is 1. The molecule has 2 nitrogen and oxygen atoms in total. The van der Waals surface area contributed by atoms with Gasteiger partial charge in [0.25, 0.3) is 0 Å². The molecule has 0 fully saturated rings. The third-order valence-electron chi connectivity index (χ3n) is 2.30. The minimum atomic E-state index is -0.0516. The maximum atomic E-state index is 12.1. The van der Waals surface area contributed by atoms with Gasteiger partial charge in [-0.2, -0.15) is 0 Å². The van der Waals surface area contributed by atoms with Crippen LogP contribution >= 0.6 is 50.9 Å². The molecule has 0 atom stereocenters. The Morgan fingerprint density at radius 1 is 1.32 bits per heavy atom. The molecule has 0 aliphatic carbocycles. The Labute approximate surface area is 133 Å². The number of rotatable bonds is 4. The number of benzene rings is 1. The van der Waals surface area contributed by atoms with Gasteiger partial charge in [0, 0.05) is 21.3 Å². The molecule has 0 aliphatic rings. The van der Waals surface area contributed by atoms with Crippen LogP contribution in [0.15, 0.2) is 46.0 Å². The van der Waals surface area contributed by atoms with Gasteiger partial charge in [-0.15, -0.1) is 0 Å². The zero-order valence-electron chi connectivity index (χ0n) is 9.57. The first-order chi connectivity index (χ1) is 9.08. The molecule has 0 N–H and O–H groups in total. The largest absolute Gasteiger partial charge is 0.293 e. The number of ketones is 1. The van der Waals surface area contributed by atoms with E-state index < -0.39 is 0 Å². The van der Waals surface area contributed by atoms with Crippen LogP contribution in [0, 0.1) is 0 Å². The lowest BCUT2D eigenvalue weighted by Gasteiger charge is -2.05. The van der Waals surface area contributed by atoms with E-state index in [1.54, 1.807) is 24.4 Å². The number of aromatic nitrogens is 1. The maximum absolute atomic E-state index is 12.1. The van der Waals surface area contributed by atoms with Crippen LogP contribution in [-0.4, -0.2) is 16.5 Å². The summed E-state index contributed by atoms with van der Waals surface area (Å²) >= 11 is 16.5. The van der Waals surface area contributed by atoms with Crippen molar-refractivity contribution in [3.63, 3.8) is 0 Å². The zero-order valence-corrected chi connectivity index (χ0v) is 13.5. The second-order valence-corrected chi connectivity index (χ2v) is 6.29. The van der Waals surface area contributed by atoms with Crippen LogP contribution in [0.25, 0.3) is 0 Å². The molecule has 6 heteroatoms. The minimum Gasteiger partial charge on any atom is -0.293 e. The van der Waals surface area contributed by atoms with Crippen molar-refractivity contribution in [1.82, 2.24) is 4.98 Å². The molecule has 1 heterocycles. The van der Waals surface area contributed by atoms with E-state index in [2.05, 4.69) is 20.9 Å². The van der Waals surface area contributed by atoms with Crippen molar-refractivity contribution in [2.45, 2.75) is 5.03 Å². The average Bonchev–Trinajstić information content (AvgIpc) is 2.37. The summed E-state index contributed by atoms with van der Waals surface area (Å²) in [6, 6.07) is 8.57. The van der Waals surface area contributed by atoms with E-state index in [9.17, 15) is 4.79 Å². The number of hydrogen-bond acceptors (Lipinski definition) is 3. The number of nitrogens with zero attached hydrogens (tertiary/aromatic N) is 1. The highest BCUT2D eigenvalue weighted by Gasteiger charge is 2.12. The molecule has 0 aliphatic heterocycles. The highest BCUT2D eigenvalue weighted by molar-refractivity contribution is 9.10. The van der Waals surface area contributed by atoms with E-state index in [0.717, 1.165) is 9.50 Å². The minimum absolute atomic E-state index is 0.0516. The standard InChI is InChI=1S/C13H8BrCl2NOS/c14-10-2-1-5-17-13(10)19-7-12(18)9-4-3-8(15)6-11(9)16/h1-6H,7H2. The third kappa shape index (κ3) is 3.96. The molecule has 1 aromatic heterocycles. The van der Waals surface area contributed by atoms with E-state index in [0.29, 0.717) is 15.6 Å². The van der Waals surface area contributed by atoms with Gasteiger partial charge >= 0.3 is 0 Å². The van der Waals surface area contributed by atoms with E-state index >= 15 is 0 Å². The fourth-order valence-electron chi connectivity index (χ4n) is 1.40. The first kappa shape index (κ1) is 14.9. The van der Waals surface area contributed by atoms with E-state index in [1.165, 1.54) is 11.8 Å². The second-order valence-electron chi connectivity index (χ2n) is 3.63. The Bertz CT molecular complexity index is 621. The van der Waals surface area contributed by atoms with Crippen molar-refractivity contribution in [1.29, 1.82) is 0 Å². The Hall–Kier alpha value is -0.550. The molecule has 2 rings (SSSR count). The molecular weight excluding hydrogens is 369 g/mol. The monoisotopic (exact) mass is 375 g/mol. The van der Waals surface area contributed by atoms with Gasteiger partial charge in [-0.25, -0.2) is 4.98 Å². The van der Waals surface area contributed by atoms with Gasteiger partial charge in [0.05, 0.1) is 10.8 Å². The van der Waals surface area contributed by atoms with E-state index in [4.69, 9.17) is 23.2 Å². The zero-order chi connectivity index (χ0) is 13.8. The summed E-state index contributed by atoms with van der Waals surface area (Å²) in [5.41, 5.74) is 0.477. The molecule has 0 spiro atoms. The van der Waals surface area contributed by atoms with Crippen molar-refractivity contribution in [2.24, 2.45) is 0 Å². The molecule has 1 aromatic carbocycles. The second kappa shape index (κ2) is 6.75. The molecule has 0 radical (unpaired) electrons. The van der Waals surface area contributed by atoms with Crippen molar-refractivity contribution in [3.8, 4) is 0 Å². The topological polar surface area (TPSA) is 30.0 Å². The van der Waals surface area contributed by atoms with Gasteiger partial charge in [0.1, 0.15) is 5.03 Å². The van der Waals surface area contributed by atoms with Crippen LogP contribution in [0.2, 0.25) is 10.0 Å². The molecule has 19 heavy (non-hydrogen) atoms. The van der Waals surface area contributed by atoms with Gasteiger partial charge in [-0.1, -0.05) is 35.0 Å². The van der Waals surface area contributed by atoms with Crippen LogP contribution in [0.1, 0.15) is 10.4 Å². The molecule has 98 valence electrons. The van der Waals surface area contributed by atoms with Gasteiger partial charge < -0.3 is 0 Å². The quantitative estimate of drug-likeness (QED) is 0.547. The molecular formula is C13H8BrCl2NOS. The number of hydrogen-bond donors (Lipinski definition) is 0. The molecule has 0 saturated carbocycles. The fourth-order valence-corrected chi connectivity index (χ4v) is 3.28. The van der Waals surface area contributed by atoms with Crippen molar-refractivity contribution >= 4 is 56.7 Å². The molecule has 0 bridgehead atoms. The number of carbonyl (C=O) groups is 1. The highest BCUT2D eigenvalue weighted by atomic mass is 79.9. The average molecular weight is 377 g/mol. The lowest BCUT2D eigenvalue weighted by molar-refractivity contribution is 0.102. The predicted molar refractivity (Wildman–Crippen MR) is 83.5 cm³/mol. The summed E-state index contributed by atoms with van der Waals surface area (Å²) < 4.78 is 0.870. The van der Waals surface area contributed by atoms with Crippen LogP contribution in [-0.2, 0) is 0 Å². The van der Waals surface area contributed by atoms with Crippen molar-refractivity contribution < 1.29 is 4.79 Å². The normalized spacial score (nSPS) is 10.5.